The van der Waals surface area contributed by atoms with Crippen molar-refractivity contribution in [3.05, 3.63) is 62.6 Å². The SMILES string of the molecule is O=C1[C@@H]2[C@@H]3CCCN3[C@]3(C(=O)Nc4ccc(Br)cc43)[C@H]2C(=O)N1c1ccc([N+](=O)[O-])cc1. The number of nitrogens with zero attached hydrogens (tertiary/aromatic N) is 3. The summed E-state index contributed by atoms with van der Waals surface area (Å²) in [6.07, 6.45) is 1.57. The van der Waals surface area contributed by atoms with E-state index in [2.05, 4.69) is 26.1 Å². The molecule has 0 aliphatic carbocycles. The summed E-state index contributed by atoms with van der Waals surface area (Å²) in [4.78, 5) is 54.6. The van der Waals surface area contributed by atoms with Crippen LogP contribution in [0.15, 0.2) is 46.9 Å². The van der Waals surface area contributed by atoms with Gasteiger partial charge in [-0.2, -0.15) is 0 Å². The molecule has 1 N–H and O–H groups in total. The standard InChI is InChI=1S/C22H17BrN4O5/c23-11-3-8-15-14(10-11)22(21(30)24-15)18-17(16-2-1-9-25(16)22)19(28)26(20(18)29)12-4-6-13(7-5-12)27(31)32/h3-8,10,16-18H,1-2,9H2,(H,24,30)/t16-,17+,18+,22-/m0/s1. The Morgan fingerprint density at radius 2 is 1.84 bits per heavy atom. The molecule has 1 spiro atoms. The van der Waals surface area contributed by atoms with Crippen molar-refractivity contribution in [3.63, 3.8) is 0 Å². The highest BCUT2D eigenvalue weighted by Gasteiger charge is 2.74. The fourth-order valence-corrected chi connectivity index (χ4v) is 6.51. The van der Waals surface area contributed by atoms with E-state index in [0.29, 0.717) is 17.8 Å². The minimum Gasteiger partial charge on any atom is -0.324 e. The lowest BCUT2D eigenvalue weighted by molar-refractivity contribution is -0.384. The predicted octanol–water partition coefficient (Wildman–Crippen LogP) is 2.79. The van der Waals surface area contributed by atoms with Crippen LogP contribution in [0.25, 0.3) is 0 Å². The predicted molar refractivity (Wildman–Crippen MR) is 117 cm³/mol. The molecule has 0 unspecified atom stereocenters. The van der Waals surface area contributed by atoms with Crippen LogP contribution in [0, 0.1) is 22.0 Å². The molecule has 32 heavy (non-hydrogen) atoms. The maximum absolute atomic E-state index is 13.8. The third kappa shape index (κ3) is 2.23. The molecule has 0 bridgehead atoms. The first-order chi connectivity index (χ1) is 15.4. The fourth-order valence-electron chi connectivity index (χ4n) is 6.15. The maximum Gasteiger partial charge on any atom is 0.269 e. The van der Waals surface area contributed by atoms with Gasteiger partial charge in [0.15, 0.2) is 0 Å². The van der Waals surface area contributed by atoms with Crippen molar-refractivity contribution in [1.82, 2.24) is 4.90 Å². The number of carbonyl (C=O) groups is 3. The molecule has 2 aromatic rings. The molecule has 4 aliphatic heterocycles. The normalized spacial score (nSPS) is 30.6. The number of imide groups is 1. The van der Waals surface area contributed by atoms with Gasteiger partial charge in [0, 0.05) is 33.9 Å². The minimum atomic E-state index is -1.24. The van der Waals surface area contributed by atoms with Crippen LogP contribution in [0.1, 0.15) is 18.4 Å². The lowest BCUT2D eigenvalue weighted by atomic mass is 9.75. The molecule has 9 nitrogen and oxygen atoms in total. The fraction of sp³-hybridized carbons (Fsp3) is 0.318. The Balaban J connectivity index is 1.51. The van der Waals surface area contributed by atoms with Gasteiger partial charge in [-0.1, -0.05) is 15.9 Å². The lowest BCUT2D eigenvalue weighted by Gasteiger charge is -2.36. The number of nitro benzene ring substituents is 1. The first-order valence-corrected chi connectivity index (χ1v) is 11.2. The Labute approximate surface area is 190 Å². The number of hydrogen-bond donors (Lipinski definition) is 1. The van der Waals surface area contributed by atoms with E-state index in [0.717, 1.165) is 22.2 Å². The summed E-state index contributed by atoms with van der Waals surface area (Å²) in [5, 5.41) is 13.9. The maximum atomic E-state index is 13.8. The molecule has 4 heterocycles. The largest absolute Gasteiger partial charge is 0.324 e. The third-order valence-corrected chi connectivity index (χ3v) is 7.77. The molecule has 4 aliphatic rings. The molecular formula is C22H17BrN4O5. The van der Waals surface area contributed by atoms with Gasteiger partial charge in [-0.25, -0.2) is 4.90 Å². The second kappa shape index (κ2) is 6.46. The number of nitro groups is 1. The van der Waals surface area contributed by atoms with Crippen LogP contribution in [0.2, 0.25) is 0 Å². The van der Waals surface area contributed by atoms with Crippen LogP contribution < -0.4 is 10.2 Å². The molecule has 162 valence electrons. The van der Waals surface area contributed by atoms with Crippen molar-refractivity contribution in [2.75, 3.05) is 16.8 Å². The van der Waals surface area contributed by atoms with Gasteiger partial charge in [-0.3, -0.25) is 29.4 Å². The van der Waals surface area contributed by atoms with Crippen LogP contribution in [-0.4, -0.2) is 40.1 Å². The lowest BCUT2D eigenvalue weighted by Crippen LogP contribution is -2.54. The number of rotatable bonds is 2. The zero-order chi connectivity index (χ0) is 22.4. The monoisotopic (exact) mass is 496 g/mol. The summed E-state index contributed by atoms with van der Waals surface area (Å²) >= 11 is 3.48. The third-order valence-electron chi connectivity index (χ3n) is 7.27. The van der Waals surface area contributed by atoms with Crippen molar-refractivity contribution in [2.45, 2.75) is 24.4 Å². The first-order valence-electron chi connectivity index (χ1n) is 10.4. The van der Waals surface area contributed by atoms with E-state index in [9.17, 15) is 24.5 Å². The number of non-ortho nitro benzene ring substituents is 1. The first kappa shape index (κ1) is 19.6. The second-order valence-corrected chi connectivity index (χ2v) is 9.52. The van der Waals surface area contributed by atoms with Crippen LogP contribution in [0.5, 0.6) is 0 Å². The zero-order valence-corrected chi connectivity index (χ0v) is 18.2. The molecule has 3 fully saturated rings. The van der Waals surface area contributed by atoms with Crippen LogP contribution in [-0.2, 0) is 19.9 Å². The molecule has 0 radical (unpaired) electrons. The summed E-state index contributed by atoms with van der Waals surface area (Å²) < 4.78 is 0.787. The Kier molecular flexibility index (Phi) is 3.95. The molecular weight excluding hydrogens is 480 g/mol. The number of hydrogen-bond acceptors (Lipinski definition) is 6. The van der Waals surface area contributed by atoms with Crippen molar-refractivity contribution in [1.29, 1.82) is 0 Å². The minimum absolute atomic E-state index is 0.125. The van der Waals surface area contributed by atoms with Gasteiger partial charge in [-0.05, 0) is 49.7 Å². The van der Waals surface area contributed by atoms with Crippen molar-refractivity contribution in [3.8, 4) is 0 Å². The molecule has 3 amide bonds. The van der Waals surface area contributed by atoms with Crippen molar-refractivity contribution >= 4 is 50.7 Å². The molecule has 6 rings (SSSR count). The van der Waals surface area contributed by atoms with Gasteiger partial charge in [-0.15, -0.1) is 0 Å². The number of carbonyl (C=O) groups excluding carboxylic acids is 3. The Morgan fingerprint density at radius 3 is 2.56 bits per heavy atom. The van der Waals surface area contributed by atoms with Crippen LogP contribution in [0.3, 0.4) is 0 Å². The molecule has 3 saturated heterocycles. The van der Waals surface area contributed by atoms with Gasteiger partial charge in [0.05, 0.1) is 22.4 Å². The Hall–Kier alpha value is -3.11. The summed E-state index contributed by atoms with van der Waals surface area (Å²) in [5.41, 5.74) is 0.280. The summed E-state index contributed by atoms with van der Waals surface area (Å²) in [5.74, 6) is -2.57. The van der Waals surface area contributed by atoms with Crippen molar-refractivity contribution in [2.24, 2.45) is 11.8 Å². The highest BCUT2D eigenvalue weighted by atomic mass is 79.9. The summed E-state index contributed by atoms with van der Waals surface area (Å²) in [6.45, 7) is 0.634. The van der Waals surface area contributed by atoms with Gasteiger partial charge in [0.1, 0.15) is 5.54 Å². The van der Waals surface area contributed by atoms with E-state index in [1.807, 2.05) is 12.1 Å². The van der Waals surface area contributed by atoms with Crippen molar-refractivity contribution < 1.29 is 19.3 Å². The topological polar surface area (TPSA) is 113 Å². The van der Waals surface area contributed by atoms with E-state index in [-0.39, 0.29) is 29.2 Å². The zero-order valence-electron chi connectivity index (χ0n) is 16.7. The number of anilines is 2. The van der Waals surface area contributed by atoms with Gasteiger partial charge < -0.3 is 5.32 Å². The van der Waals surface area contributed by atoms with E-state index < -0.39 is 28.2 Å². The summed E-state index contributed by atoms with van der Waals surface area (Å²) in [6, 6.07) is 10.6. The number of fused-ring (bicyclic) bond motifs is 7. The molecule has 0 saturated carbocycles. The summed E-state index contributed by atoms with van der Waals surface area (Å²) in [7, 11) is 0. The number of amides is 3. The van der Waals surface area contributed by atoms with E-state index in [1.165, 1.54) is 24.3 Å². The average molecular weight is 497 g/mol. The van der Waals surface area contributed by atoms with Gasteiger partial charge >= 0.3 is 0 Å². The number of halogens is 1. The quantitative estimate of drug-likeness (QED) is 0.388. The number of nitrogens with one attached hydrogen (secondary N) is 1. The van der Waals surface area contributed by atoms with Gasteiger partial charge in [0.2, 0.25) is 17.7 Å². The van der Waals surface area contributed by atoms with E-state index in [1.54, 1.807) is 6.07 Å². The average Bonchev–Trinajstić information content (AvgIpc) is 3.47. The Bertz CT molecular complexity index is 1230. The number of benzene rings is 2. The van der Waals surface area contributed by atoms with E-state index in [4.69, 9.17) is 0 Å². The molecule has 0 aromatic heterocycles. The molecule has 2 aromatic carbocycles. The second-order valence-electron chi connectivity index (χ2n) is 8.60. The Morgan fingerprint density at radius 1 is 1.09 bits per heavy atom. The molecule has 4 atom stereocenters. The van der Waals surface area contributed by atoms with Crippen LogP contribution >= 0.6 is 15.9 Å². The molecule has 10 heteroatoms. The van der Waals surface area contributed by atoms with E-state index >= 15 is 0 Å². The smallest absolute Gasteiger partial charge is 0.269 e. The highest BCUT2D eigenvalue weighted by molar-refractivity contribution is 9.10. The van der Waals surface area contributed by atoms with Gasteiger partial charge in [0.25, 0.3) is 5.69 Å². The van der Waals surface area contributed by atoms with Crippen LogP contribution in [0.4, 0.5) is 17.1 Å². The highest BCUT2D eigenvalue weighted by Crippen LogP contribution is 2.60.